The van der Waals surface area contributed by atoms with Crippen LogP contribution in [0.4, 0.5) is 0 Å². The van der Waals surface area contributed by atoms with E-state index in [1.54, 1.807) is 24.1 Å². The van der Waals surface area contributed by atoms with Crippen LogP contribution in [0.25, 0.3) is 22.3 Å². The van der Waals surface area contributed by atoms with Crippen LogP contribution in [0.2, 0.25) is 0 Å². The fraction of sp³-hybridized carbons (Fsp3) is 0.316. The molecule has 0 spiro atoms. The van der Waals surface area contributed by atoms with E-state index in [9.17, 15) is 4.79 Å². The number of aromatic nitrogens is 3. The van der Waals surface area contributed by atoms with E-state index in [1.807, 2.05) is 37.3 Å². The maximum absolute atomic E-state index is 12.6. The number of fused-ring (bicyclic) bond motifs is 1. The Kier molecular flexibility index (Phi) is 5.40. The second-order valence-corrected chi connectivity index (χ2v) is 5.60. The van der Waals surface area contributed by atoms with Gasteiger partial charge in [0.1, 0.15) is 0 Å². The first kappa shape index (κ1) is 17.1. The molecular weight excluding hydrogens is 318 g/mol. The van der Waals surface area contributed by atoms with E-state index >= 15 is 0 Å². The Morgan fingerprint density at radius 1 is 1.20 bits per heavy atom. The van der Waals surface area contributed by atoms with Gasteiger partial charge in [0.05, 0.1) is 29.4 Å². The van der Waals surface area contributed by atoms with Crippen molar-refractivity contribution in [1.29, 1.82) is 0 Å². The minimum absolute atomic E-state index is 0.319. The SMILES string of the molecule is CCn1ncc2c(C(=O)OCCCOC)cc(-c3ccccc3)nc21. The highest BCUT2D eigenvalue weighted by atomic mass is 16.5. The molecule has 0 saturated carbocycles. The van der Waals surface area contributed by atoms with Crippen LogP contribution in [0.3, 0.4) is 0 Å². The van der Waals surface area contributed by atoms with E-state index in [0.717, 1.165) is 11.3 Å². The summed E-state index contributed by atoms with van der Waals surface area (Å²) in [6.45, 7) is 3.55. The molecule has 0 aliphatic heterocycles. The lowest BCUT2D eigenvalue weighted by molar-refractivity contribution is 0.0470. The third-order valence-electron chi connectivity index (χ3n) is 3.92. The molecule has 130 valence electrons. The number of ether oxygens (including phenoxy) is 2. The van der Waals surface area contributed by atoms with E-state index in [1.165, 1.54) is 0 Å². The van der Waals surface area contributed by atoms with Crippen molar-refractivity contribution in [3.8, 4) is 11.3 Å². The number of carbonyl (C=O) groups is 1. The number of nitrogens with zero attached hydrogens (tertiary/aromatic N) is 3. The molecule has 3 rings (SSSR count). The molecule has 0 radical (unpaired) electrons. The number of hydrogen-bond acceptors (Lipinski definition) is 5. The van der Waals surface area contributed by atoms with Crippen LogP contribution in [0.1, 0.15) is 23.7 Å². The molecule has 2 heterocycles. The van der Waals surface area contributed by atoms with Gasteiger partial charge in [0.2, 0.25) is 0 Å². The van der Waals surface area contributed by atoms with Crippen LogP contribution >= 0.6 is 0 Å². The number of carbonyl (C=O) groups excluding carboxylic acids is 1. The molecule has 0 saturated heterocycles. The van der Waals surface area contributed by atoms with E-state index in [-0.39, 0.29) is 5.97 Å². The van der Waals surface area contributed by atoms with Gasteiger partial charge >= 0.3 is 5.97 Å². The van der Waals surface area contributed by atoms with Gasteiger partial charge in [-0.25, -0.2) is 14.5 Å². The summed E-state index contributed by atoms with van der Waals surface area (Å²) in [4.78, 5) is 17.3. The number of benzene rings is 1. The molecule has 0 amide bonds. The number of rotatable bonds is 7. The molecule has 6 heteroatoms. The zero-order chi connectivity index (χ0) is 17.6. The maximum Gasteiger partial charge on any atom is 0.339 e. The second kappa shape index (κ2) is 7.90. The fourth-order valence-electron chi connectivity index (χ4n) is 2.65. The predicted octanol–water partition coefficient (Wildman–Crippen LogP) is 3.31. The smallest absolute Gasteiger partial charge is 0.339 e. The standard InChI is InChI=1S/C19H21N3O3/c1-3-22-18-16(13-20-22)15(19(23)25-11-7-10-24-2)12-17(21-18)14-8-5-4-6-9-14/h4-6,8-9,12-13H,3,7,10-11H2,1-2H3. The Hall–Kier alpha value is -2.73. The van der Waals surface area contributed by atoms with Gasteiger partial charge in [-0.1, -0.05) is 30.3 Å². The molecule has 0 N–H and O–H groups in total. The summed E-state index contributed by atoms with van der Waals surface area (Å²) in [5, 5.41) is 5.03. The molecule has 3 aromatic rings. The fourth-order valence-corrected chi connectivity index (χ4v) is 2.65. The van der Waals surface area contributed by atoms with Crippen molar-refractivity contribution < 1.29 is 14.3 Å². The Bertz CT molecular complexity index is 859. The van der Waals surface area contributed by atoms with E-state index in [0.29, 0.717) is 42.8 Å². The summed E-state index contributed by atoms with van der Waals surface area (Å²) in [6, 6.07) is 11.5. The lowest BCUT2D eigenvalue weighted by atomic mass is 10.1. The average molecular weight is 339 g/mol. The van der Waals surface area contributed by atoms with Crippen molar-refractivity contribution in [3.05, 3.63) is 48.2 Å². The molecule has 0 bridgehead atoms. The third-order valence-corrected chi connectivity index (χ3v) is 3.92. The van der Waals surface area contributed by atoms with Crippen molar-refractivity contribution in [2.24, 2.45) is 0 Å². The quantitative estimate of drug-likeness (QED) is 0.488. The van der Waals surface area contributed by atoms with Crippen LogP contribution in [-0.4, -0.2) is 41.1 Å². The lowest BCUT2D eigenvalue weighted by Crippen LogP contribution is -2.09. The molecule has 0 atom stereocenters. The van der Waals surface area contributed by atoms with Crippen molar-refractivity contribution in [2.45, 2.75) is 19.9 Å². The number of pyridine rings is 1. The van der Waals surface area contributed by atoms with Gasteiger partial charge in [0.25, 0.3) is 0 Å². The molecule has 0 aliphatic rings. The molecular formula is C19H21N3O3. The lowest BCUT2D eigenvalue weighted by Gasteiger charge is -2.09. The first-order chi connectivity index (χ1) is 12.2. The molecule has 2 aromatic heterocycles. The van der Waals surface area contributed by atoms with Gasteiger partial charge < -0.3 is 9.47 Å². The minimum atomic E-state index is -0.365. The molecule has 0 fully saturated rings. The van der Waals surface area contributed by atoms with E-state index in [2.05, 4.69) is 5.10 Å². The number of aryl methyl sites for hydroxylation is 1. The van der Waals surface area contributed by atoms with Crippen LogP contribution in [0, 0.1) is 0 Å². The van der Waals surface area contributed by atoms with Crippen molar-refractivity contribution in [2.75, 3.05) is 20.3 Å². The Balaban J connectivity index is 2.01. The van der Waals surface area contributed by atoms with Crippen LogP contribution < -0.4 is 0 Å². The van der Waals surface area contributed by atoms with Crippen molar-refractivity contribution >= 4 is 17.0 Å². The van der Waals surface area contributed by atoms with Gasteiger partial charge in [0, 0.05) is 32.2 Å². The zero-order valence-electron chi connectivity index (χ0n) is 14.4. The number of esters is 1. The Morgan fingerprint density at radius 3 is 2.72 bits per heavy atom. The first-order valence-electron chi connectivity index (χ1n) is 8.32. The minimum Gasteiger partial charge on any atom is -0.462 e. The Labute approximate surface area is 146 Å². The predicted molar refractivity (Wildman–Crippen MR) is 95.4 cm³/mol. The van der Waals surface area contributed by atoms with Gasteiger partial charge in [-0.3, -0.25) is 0 Å². The molecule has 1 aromatic carbocycles. The molecule has 6 nitrogen and oxygen atoms in total. The van der Waals surface area contributed by atoms with Gasteiger partial charge in [-0.05, 0) is 13.0 Å². The summed E-state index contributed by atoms with van der Waals surface area (Å²) >= 11 is 0. The summed E-state index contributed by atoms with van der Waals surface area (Å²) in [6.07, 6.45) is 2.34. The van der Waals surface area contributed by atoms with E-state index in [4.69, 9.17) is 14.5 Å². The van der Waals surface area contributed by atoms with Crippen LogP contribution in [0.5, 0.6) is 0 Å². The van der Waals surface area contributed by atoms with Crippen molar-refractivity contribution in [1.82, 2.24) is 14.8 Å². The second-order valence-electron chi connectivity index (χ2n) is 5.60. The summed E-state index contributed by atoms with van der Waals surface area (Å²) < 4.78 is 12.1. The molecule has 0 aliphatic carbocycles. The normalized spacial score (nSPS) is 11.0. The first-order valence-corrected chi connectivity index (χ1v) is 8.32. The van der Waals surface area contributed by atoms with E-state index < -0.39 is 0 Å². The zero-order valence-corrected chi connectivity index (χ0v) is 14.4. The van der Waals surface area contributed by atoms with Crippen LogP contribution in [0.15, 0.2) is 42.6 Å². The van der Waals surface area contributed by atoms with Gasteiger partial charge in [0.15, 0.2) is 5.65 Å². The molecule has 0 unspecified atom stereocenters. The van der Waals surface area contributed by atoms with Crippen molar-refractivity contribution in [3.63, 3.8) is 0 Å². The average Bonchev–Trinajstić information content (AvgIpc) is 3.08. The highest BCUT2D eigenvalue weighted by Gasteiger charge is 2.18. The summed E-state index contributed by atoms with van der Waals surface area (Å²) in [5.41, 5.74) is 2.85. The highest BCUT2D eigenvalue weighted by Crippen LogP contribution is 2.25. The number of hydrogen-bond donors (Lipinski definition) is 0. The van der Waals surface area contributed by atoms with Gasteiger partial charge in [-0.2, -0.15) is 5.10 Å². The summed E-state index contributed by atoms with van der Waals surface area (Å²) in [5.74, 6) is -0.365. The number of methoxy groups -OCH3 is 1. The third kappa shape index (κ3) is 3.69. The Morgan fingerprint density at radius 2 is 2.00 bits per heavy atom. The summed E-state index contributed by atoms with van der Waals surface area (Å²) in [7, 11) is 1.62. The largest absolute Gasteiger partial charge is 0.462 e. The monoisotopic (exact) mass is 339 g/mol. The maximum atomic E-state index is 12.6. The van der Waals surface area contributed by atoms with Crippen LogP contribution in [-0.2, 0) is 16.0 Å². The van der Waals surface area contributed by atoms with Gasteiger partial charge in [-0.15, -0.1) is 0 Å². The molecule has 25 heavy (non-hydrogen) atoms. The highest BCUT2D eigenvalue weighted by molar-refractivity contribution is 6.03. The topological polar surface area (TPSA) is 66.2 Å².